The number of nitrogens with zero attached hydrogens (tertiary/aromatic N) is 1. The summed E-state index contributed by atoms with van der Waals surface area (Å²) >= 11 is 0. The number of ether oxygens (including phenoxy) is 1. The molecule has 1 heterocycles. The quantitative estimate of drug-likeness (QED) is 0.804. The first-order valence-electron chi connectivity index (χ1n) is 9.22. The molecule has 1 amide bonds. The van der Waals surface area contributed by atoms with Crippen LogP contribution in [0.25, 0.3) is 0 Å². The lowest BCUT2D eigenvalue weighted by atomic mass is 9.86. The predicted octanol–water partition coefficient (Wildman–Crippen LogP) is 3.01. The van der Waals surface area contributed by atoms with Crippen molar-refractivity contribution in [2.75, 3.05) is 13.1 Å². The number of carbonyl (C=O) groups is 2. The molecule has 1 aliphatic heterocycles. The van der Waals surface area contributed by atoms with Crippen LogP contribution in [0.5, 0.6) is 0 Å². The van der Waals surface area contributed by atoms with Gasteiger partial charge in [0.2, 0.25) is 0 Å². The summed E-state index contributed by atoms with van der Waals surface area (Å²) in [5, 5.41) is 12.7. The molecule has 0 spiro atoms. The van der Waals surface area contributed by atoms with Crippen molar-refractivity contribution in [2.45, 2.75) is 83.4 Å². The minimum Gasteiger partial charge on any atom is -0.481 e. The molecule has 24 heavy (non-hydrogen) atoms. The maximum Gasteiger partial charge on any atom is 0.410 e. The first-order valence-corrected chi connectivity index (χ1v) is 9.22. The Balaban J connectivity index is 1.75. The van der Waals surface area contributed by atoms with Crippen LogP contribution < -0.4 is 5.32 Å². The highest BCUT2D eigenvalue weighted by Crippen LogP contribution is 2.25. The van der Waals surface area contributed by atoms with Gasteiger partial charge in [0.05, 0.1) is 5.92 Å². The van der Waals surface area contributed by atoms with Crippen molar-refractivity contribution in [2.24, 2.45) is 5.92 Å². The Morgan fingerprint density at radius 3 is 2.62 bits per heavy atom. The second kappa shape index (κ2) is 8.19. The maximum absolute atomic E-state index is 12.3. The molecular formula is C18H32N2O4. The van der Waals surface area contributed by atoms with Gasteiger partial charge in [-0.25, -0.2) is 4.79 Å². The van der Waals surface area contributed by atoms with Crippen molar-refractivity contribution < 1.29 is 19.4 Å². The standard InChI is InChI=1S/C18H32N2O4/c1-18(2,3)24-17(23)20-11-5-8-15(20)9-10-19-14-7-4-6-13(12-14)16(21)22/h13-15,19H,4-12H2,1-3H3,(H,21,22). The zero-order valence-corrected chi connectivity index (χ0v) is 15.2. The van der Waals surface area contributed by atoms with Crippen LogP contribution in [0, 0.1) is 5.92 Å². The Morgan fingerprint density at radius 2 is 1.96 bits per heavy atom. The fraction of sp³-hybridized carbons (Fsp3) is 0.889. The fourth-order valence-electron chi connectivity index (χ4n) is 3.75. The monoisotopic (exact) mass is 340 g/mol. The second-order valence-electron chi connectivity index (χ2n) is 8.11. The van der Waals surface area contributed by atoms with E-state index in [-0.39, 0.29) is 24.1 Å². The zero-order valence-electron chi connectivity index (χ0n) is 15.2. The molecule has 0 aromatic rings. The minimum absolute atomic E-state index is 0.207. The first-order chi connectivity index (χ1) is 11.3. The number of hydrogen-bond acceptors (Lipinski definition) is 4. The number of carboxylic acid groups (broad SMARTS) is 1. The largest absolute Gasteiger partial charge is 0.481 e. The van der Waals surface area contributed by atoms with Crippen LogP contribution in [0.4, 0.5) is 4.79 Å². The molecule has 0 radical (unpaired) electrons. The average molecular weight is 340 g/mol. The number of carbonyl (C=O) groups excluding carboxylic acids is 1. The van der Waals surface area contributed by atoms with Crippen LogP contribution in [-0.2, 0) is 9.53 Å². The van der Waals surface area contributed by atoms with Crippen molar-refractivity contribution >= 4 is 12.1 Å². The lowest BCUT2D eigenvalue weighted by Crippen LogP contribution is -2.42. The van der Waals surface area contributed by atoms with Crippen LogP contribution in [0.15, 0.2) is 0 Å². The van der Waals surface area contributed by atoms with E-state index in [4.69, 9.17) is 9.84 Å². The highest BCUT2D eigenvalue weighted by molar-refractivity contribution is 5.70. The third-order valence-electron chi connectivity index (χ3n) is 4.94. The van der Waals surface area contributed by atoms with Crippen molar-refractivity contribution in [3.63, 3.8) is 0 Å². The van der Waals surface area contributed by atoms with E-state index in [1.54, 1.807) is 0 Å². The summed E-state index contributed by atoms with van der Waals surface area (Å²) in [5.41, 5.74) is -0.462. The SMILES string of the molecule is CC(C)(C)OC(=O)N1CCCC1CCNC1CCCC(C(=O)O)C1. The van der Waals surface area contributed by atoms with Gasteiger partial charge in [0.25, 0.3) is 0 Å². The van der Waals surface area contributed by atoms with E-state index >= 15 is 0 Å². The van der Waals surface area contributed by atoms with Crippen molar-refractivity contribution in [1.82, 2.24) is 10.2 Å². The molecule has 2 N–H and O–H groups in total. The average Bonchev–Trinajstić information content (AvgIpc) is 2.94. The molecule has 6 heteroatoms. The summed E-state index contributed by atoms with van der Waals surface area (Å²) in [7, 11) is 0. The number of likely N-dealkylation sites (tertiary alicyclic amines) is 1. The van der Waals surface area contributed by atoms with Crippen molar-refractivity contribution in [1.29, 1.82) is 0 Å². The van der Waals surface area contributed by atoms with E-state index < -0.39 is 11.6 Å². The zero-order chi connectivity index (χ0) is 17.7. The maximum atomic E-state index is 12.3. The molecule has 3 atom stereocenters. The van der Waals surface area contributed by atoms with Gasteiger partial charge in [-0.05, 0) is 65.8 Å². The second-order valence-corrected chi connectivity index (χ2v) is 8.11. The normalized spacial score (nSPS) is 28.0. The van der Waals surface area contributed by atoms with Gasteiger partial charge in [0, 0.05) is 18.6 Å². The van der Waals surface area contributed by atoms with Gasteiger partial charge in [-0.2, -0.15) is 0 Å². The molecule has 0 aromatic carbocycles. The van der Waals surface area contributed by atoms with Crippen LogP contribution in [-0.4, -0.2) is 52.8 Å². The van der Waals surface area contributed by atoms with Crippen LogP contribution >= 0.6 is 0 Å². The minimum atomic E-state index is -0.673. The summed E-state index contributed by atoms with van der Waals surface area (Å²) in [6.07, 6.45) is 6.25. The van der Waals surface area contributed by atoms with Crippen LogP contribution in [0.1, 0.15) is 65.7 Å². The predicted molar refractivity (Wildman–Crippen MR) is 92.0 cm³/mol. The molecule has 2 aliphatic rings. The lowest BCUT2D eigenvalue weighted by Gasteiger charge is -2.30. The molecule has 2 fully saturated rings. The highest BCUT2D eigenvalue weighted by atomic mass is 16.6. The number of rotatable bonds is 5. The Hall–Kier alpha value is -1.30. The van der Waals surface area contributed by atoms with Gasteiger partial charge in [0.1, 0.15) is 5.60 Å². The summed E-state index contributed by atoms with van der Waals surface area (Å²) in [6.45, 7) is 7.25. The van der Waals surface area contributed by atoms with Crippen LogP contribution in [0.3, 0.4) is 0 Å². The third kappa shape index (κ3) is 5.65. The molecule has 1 aliphatic carbocycles. The van der Waals surface area contributed by atoms with Gasteiger partial charge in [-0.3, -0.25) is 4.79 Å². The third-order valence-corrected chi connectivity index (χ3v) is 4.94. The highest BCUT2D eigenvalue weighted by Gasteiger charge is 2.32. The molecule has 0 bridgehead atoms. The molecule has 3 unspecified atom stereocenters. The Bertz CT molecular complexity index is 447. The van der Waals surface area contributed by atoms with E-state index in [1.807, 2.05) is 25.7 Å². The number of aliphatic carboxylic acids is 1. The van der Waals surface area contributed by atoms with Crippen molar-refractivity contribution in [3.8, 4) is 0 Å². The summed E-state index contributed by atoms with van der Waals surface area (Å²) in [4.78, 5) is 25.3. The van der Waals surface area contributed by atoms with Gasteiger partial charge < -0.3 is 20.1 Å². The van der Waals surface area contributed by atoms with Gasteiger partial charge >= 0.3 is 12.1 Å². The summed E-state index contributed by atoms with van der Waals surface area (Å²) in [6, 6.07) is 0.516. The van der Waals surface area contributed by atoms with E-state index in [0.717, 1.165) is 58.0 Å². The topological polar surface area (TPSA) is 78.9 Å². The Kier molecular flexibility index (Phi) is 6.49. The van der Waals surface area contributed by atoms with E-state index in [0.29, 0.717) is 0 Å². The molecule has 1 saturated heterocycles. The van der Waals surface area contributed by atoms with Gasteiger partial charge in [-0.1, -0.05) is 6.42 Å². The fourth-order valence-corrected chi connectivity index (χ4v) is 3.75. The van der Waals surface area contributed by atoms with Crippen molar-refractivity contribution in [3.05, 3.63) is 0 Å². The first kappa shape index (κ1) is 19.0. The van der Waals surface area contributed by atoms with E-state index in [2.05, 4.69) is 5.32 Å². The number of amides is 1. The van der Waals surface area contributed by atoms with Gasteiger partial charge in [0.15, 0.2) is 0 Å². The summed E-state index contributed by atoms with van der Waals surface area (Å²) < 4.78 is 5.49. The molecule has 0 aromatic heterocycles. The number of nitrogens with one attached hydrogen (secondary N) is 1. The summed E-state index contributed by atoms with van der Waals surface area (Å²) in [5.74, 6) is -0.880. The van der Waals surface area contributed by atoms with Crippen LogP contribution in [0.2, 0.25) is 0 Å². The molecule has 6 nitrogen and oxygen atoms in total. The molecule has 138 valence electrons. The van der Waals surface area contributed by atoms with Gasteiger partial charge in [-0.15, -0.1) is 0 Å². The number of hydrogen-bond donors (Lipinski definition) is 2. The molecule has 1 saturated carbocycles. The lowest BCUT2D eigenvalue weighted by molar-refractivity contribution is -0.143. The Morgan fingerprint density at radius 1 is 1.21 bits per heavy atom. The van der Waals surface area contributed by atoms with E-state index in [1.165, 1.54) is 0 Å². The Labute approximate surface area is 144 Å². The number of carboxylic acids is 1. The molecular weight excluding hydrogens is 308 g/mol. The smallest absolute Gasteiger partial charge is 0.410 e. The molecule has 2 rings (SSSR count). The van der Waals surface area contributed by atoms with E-state index in [9.17, 15) is 9.59 Å².